The number of Topliss-reactive ketones (excluding diaryl/α,β-unsaturated/α-hetero) is 1. The first kappa shape index (κ1) is 12.0. The second kappa shape index (κ2) is 3.77. The smallest absolute Gasteiger partial charge is 0.302 e. The average Bonchev–Trinajstić information content (AvgIpc) is 2.14. The molecule has 2 rings (SSSR count). The van der Waals surface area contributed by atoms with Gasteiger partial charge in [0, 0.05) is 0 Å². The molecule has 1 atom stereocenters. The predicted octanol–water partition coefficient (Wildman–Crippen LogP) is 2.22. The van der Waals surface area contributed by atoms with E-state index in [1.165, 1.54) is 6.07 Å². The second-order valence-electron chi connectivity index (χ2n) is 4.30. The summed E-state index contributed by atoms with van der Waals surface area (Å²) in [7, 11) is 0. The van der Waals surface area contributed by atoms with Gasteiger partial charge in [0.2, 0.25) is 0 Å². The minimum Gasteiger partial charge on any atom is -0.455 e. The zero-order valence-corrected chi connectivity index (χ0v) is 9.46. The molecule has 17 heavy (non-hydrogen) atoms. The number of aryl methyl sites for hydroxylation is 2. The Morgan fingerprint density at radius 2 is 2.06 bits per heavy atom. The van der Waals surface area contributed by atoms with Gasteiger partial charge in [-0.2, -0.15) is 0 Å². The van der Waals surface area contributed by atoms with E-state index in [9.17, 15) is 18.7 Å². The van der Waals surface area contributed by atoms with E-state index in [-0.39, 0.29) is 11.3 Å². The number of ketones is 1. The summed E-state index contributed by atoms with van der Waals surface area (Å²) < 4.78 is 30.2. The highest BCUT2D eigenvalue weighted by Gasteiger charge is 2.47. The van der Waals surface area contributed by atoms with E-state index >= 15 is 0 Å². The molecule has 1 aromatic carbocycles. The lowest BCUT2D eigenvalue weighted by Gasteiger charge is -2.33. The number of rotatable bonds is 1. The fourth-order valence-corrected chi connectivity index (χ4v) is 2.03. The Balaban J connectivity index is 2.54. The number of hydrogen-bond donors (Lipinski definition) is 1. The van der Waals surface area contributed by atoms with Crippen molar-refractivity contribution < 1.29 is 23.4 Å². The summed E-state index contributed by atoms with van der Waals surface area (Å²) in [5.41, 5.74) is 1.73. The van der Waals surface area contributed by atoms with Crippen molar-refractivity contribution in [2.75, 3.05) is 0 Å². The van der Waals surface area contributed by atoms with Crippen LogP contribution in [0.25, 0.3) is 0 Å². The maximum absolute atomic E-state index is 12.6. The molecule has 0 spiro atoms. The van der Waals surface area contributed by atoms with Gasteiger partial charge in [-0.25, -0.2) is 8.78 Å². The molecular weight excluding hydrogens is 230 g/mol. The summed E-state index contributed by atoms with van der Waals surface area (Å²) in [4.78, 5) is 11.8. The maximum Gasteiger partial charge on any atom is 0.302 e. The number of ether oxygens (including phenoxy) is 1. The summed E-state index contributed by atoms with van der Waals surface area (Å²) in [5, 5.41) is 9.55. The van der Waals surface area contributed by atoms with Crippen LogP contribution in [0.3, 0.4) is 0 Å². The van der Waals surface area contributed by atoms with E-state index in [2.05, 4.69) is 0 Å². The summed E-state index contributed by atoms with van der Waals surface area (Å²) in [5.74, 6) is -3.20. The number of fused-ring (bicyclic) bond motifs is 1. The van der Waals surface area contributed by atoms with Crippen LogP contribution < -0.4 is 4.74 Å². The van der Waals surface area contributed by atoms with Crippen molar-refractivity contribution in [1.29, 1.82) is 0 Å². The first-order chi connectivity index (χ1) is 7.83. The molecule has 1 aromatic rings. The molecule has 1 heterocycles. The Labute approximate surface area is 97.0 Å². The highest BCUT2D eigenvalue weighted by molar-refractivity contribution is 6.01. The Hall–Kier alpha value is -1.49. The third-order valence-corrected chi connectivity index (χ3v) is 2.76. The van der Waals surface area contributed by atoms with Gasteiger partial charge < -0.3 is 9.84 Å². The average molecular weight is 242 g/mol. The van der Waals surface area contributed by atoms with Gasteiger partial charge in [-0.3, -0.25) is 4.79 Å². The van der Waals surface area contributed by atoms with Gasteiger partial charge in [-0.05, 0) is 31.0 Å². The molecule has 3 nitrogen and oxygen atoms in total. The van der Waals surface area contributed by atoms with Crippen molar-refractivity contribution in [2.24, 2.45) is 0 Å². The number of hydrogen-bond acceptors (Lipinski definition) is 3. The van der Waals surface area contributed by atoms with E-state index in [1.54, 1.807) is 19.9 Å². The van der Waals surface area contributed by atoms with Crippen LogP contribution in [0.2, 0.25) is 0 Å². The number of aliphatic hydroxyl groups is 1. The van der Waals surface area contributed by atoms with Crippen LogP contribution in [0, 0.1) is 13.8 Å². The molecule has 0 fully saturated rings. The minimum atomic E-state index is -3.12. The molecule has 1 N–H and O–H groups in total. The number of halogens is 2. The van der Waals surface area contributed by atoms with E-state index in [0.29, 0.717) is 5.56 Å². The van der Waals surface area contributed by atoms with Crippen LogP contribution in [0.1, 0.15) is 27.9 Å². The molecule has 0 saturated heterocycles. The van der Waals surface area contributed by atoms with Gasteiger partial charge in [0.25, 0.3) is 5.79 Å². The molecule has 0 radical (unpaired) electrons. The molecule has 0 unspecified atom stereocenters. The molecule has 0 amide bonds. The Bertz CT molecular complexity index is 485. The number of benzene rings is 1. The van der Waals surface area contributed by atoms with Gasteiger partial charge >= 0.3 is 6.43 Å². The van der Waals surface area contributed by atoms with E-state index in [1.807, 2.05) is 0 Å². The molecule has 0 aliphatic carbocycles. The van der Waals surface area contributed by atoms with Gasteiger partial charge in [-0.15, -0.1) is 0 Å². The molecule has 0 saturated carbocycles. The first-order valence-corrected chi connectivity index (χ1v) is 5.17. The maximum atomic E-state index is 12.6. The molecule has 0 aromatic heterocycles. The molecule has 1 aliphatic heterocycles. The van der Waals surface area contributed by atoms with E-state index in [0.717, 1.165) is 5.56 Å². The van der Waals surface area contributed by atoms with Crippen LogP contribution >= 0.6 is 0 Å². The van der Waals surface area contributed by atoms with Crippen LogP contribution in [-0.2, 0) is 0 Å². The third-order valence-electron chi connectivity index (χ3n) is 2.76. The lowest BCUT2D eigenvalue weighted by atomic mass is 9.93. The molecule has 5 heteroatoms. The lowest BCUT2D eigenvalue weighted by molar-refractivity contribution is -0.220. The zero-order chi connectivity index (χ0) is 12.8. The largest absolute Gasteiger partial charge is 0.455 e. The van der Waals surface area contributed by atoms with E-state index in [4.69, 9.17) is 4.74 Å². The van der Waals surface area contributed by atoms with Crippen molar-refractivity contribution in [3.63, 3.8) is 0 Å². The normalized spacial score (nSPS) is 23.5. The second-order valence-corrected chi connectivity index (χ2v) is 4.30. The monoisotopic (exact) mass is 242 g/mol. The topological polar surface area (TPSA) is 46.5 Å². The summed E-state index contributed by atoms with van der Waals surface area (Å²) in [6.07, 6.45) is -3.85. The lowest BCUT2D eigenvalue weighted by Crippen LogP contribution is -2.48. The number of carbonyl (C=O) groups is 1. The Morgan fingerprint density at radius 3 is 2.65 bits per heavy atom. The Morgan fingerprint density at radius 1 is 1.41 bits per heavy atom. The Kier molecular flexibility index (Phi) is 2.66. The van der Waals surface area contributed by atoms with Gasteiger partial charge in [0.15, 0.2) is 5.78 Å². The fraction of sp³-hybridized carbons (Fsp3) is 0.417. The molecule has 1 aliphatic rings. The zero-order valence-electron chi connectivity index (χ0n) is 9.46. The SMILES string of the molecule is Cc1cc(C)c2c(c1)O[C@@](O)(C(F)F)CC2=O. The third kappa shape index (κ3) is 1.91. The predicted molar refractivity (Wildman–Crippen MR) is 56.4 cm³/mol. The van der Waals surface area contributed by atoms with Crippen molar-refractivity contribution in [3.8, 4) is 5.75 Å². The van der Waals surface area contributed by atoms with Crippen LogP contribution in [-0.4, -0.2) is 23.1 Å². The van der Waals surface area contributed by atoms with E-state index < -0.39 is 24.4 Å². The number of alkyl halides is 2. The van der Waals surface area contributed by atoms with Gasteiger partial charge in [0.1, 0.15) is 5.75 Å². The van der Waals surface area contributed by atoms with Crippen LogP contribution in [0.5, 0.6) is 5.75 Å². The standard InChI is InChI=1S/C12H12F2O3/c1-6-3-7(2)10-8(15)5-12(16,11(13)14)17-9(10)4-6/h3-4,11,16H,5H2,1-2H3/t12-/m1/s1. The minimum absolute atomic E-state index is 0.0292. The van der Waals surface area contributed by atoms with Gasteiger partial charge in [0.05, 0.1) is 12.0 Å². The molecule has 92 valence electrons. The van der Waals surface area contributed by atoms with Crippen molar-refractivity contribution >= 4 is 5.78 Å². The van der Waals surface area contributed by atoms with Gasteiger partial charge in [-0.1, -0.05) is 6.07 Å². The highest BCUT2D eigenvalue weighted by Crippen LogP contribution is 2.37. The van der Waals surface area contributed by atoms with Crippen molar-refractivity contribution in [2.45, 2.75) is 32.5 Å². The fourth-order valence-electron chi connectivity index (χ4n) is 2.03. The summed E-state index contributed by atoms with van der Waals surface area (Å²) in [6, 6.07) is 3.25. The molecule has 0 bridgehead atoms. The van der Waals surface area contributed by atoms with Crippen LogP contribution in [0.4, 0.5) is 8.78 Å². The summed E-state index contributed by atoms with van der Waals surface area (Å²) >= 11 is 0. The van der Waals surface area contributed by atoms with Crippen molar-refractivity contribution in [1.82, 2.24) is 0 Å². The molecular formula is C12H12F2O3. The number of carbonyl (C=O) groups excluding carboxylic acids is 1. The quantitative estimate of drug-likeness (QED) is 0.821. The van der Waals surface area contributed by atoms with Crippen molar-refractivity contribution in [3.05, 3.63) is 28.8 Å². The highest BCUT2D eigenvalue weighted by atomic mass is 19.3. The first-order valence-electron chi connectivity index (χ1n) is 5.17. The van der Waals surface area contributed by atoms with Crippen LogP contribution in [0.15, 0.2) is 12.1 Å². The summed E-state index contributed by atoms with van der Waals surface area (Å²) in [6.45, 7) is 3.47.